The molecular weight excluding hydrogens is 306 g/mol. The van der Waals surface area contributed by atoms with Gasteiger partial charge in [0.1, 0.15) is 5.69 Å². The number of piperazine rings is 1. The van der Waals surface area contributed by atoms with E-state index in [9.17, 15) is 4.79 Å². The third-order valence-corrected chi connectivity index (χ3v) is 4.38. The van der Waals surface area contributed by atoms with Gasteiger partial charge in [0.05, 0.1) is 0 Å². The summed E-state index contributed by atoms with van der Waals surface area (Å²) in [5.74, 6) is 0.872. The first-order valence-corrected chi connectivity index (χ1v) is 8.13. The predicted molar refractivity (Wildman–Crippen MR) is 89.0 cm³/mol. The molecule has 1 aliphatic heterocycles. The summed E-state index contributed by atoms with van der Waals surface area (Å²) in [6.45, 7) is 5.48. The first kappa shape index (κ1) is 14.7. The standard InChI is InChI=1S/C16H19N7O/c1-2-23-13(6-7-17-23)15(24)20-9-11-21(12-10-20)16-19-18-14-5-3-4-8-22(14)16/h3-8H,2,9-12H2,1H3. The highest BCUT2D eigenvalue weighted by atomic mass is 16.2. The fourth-order valence-electron chi connectivity index (χ4n) is 3.08. The molecular formula is C16H19N7O. The summed E-state index contributed by atoms with van der Waals surface area (Å²) < 4.78 is 3.71. The molecule has 0 N–H and O–H groups in total. The van der Waals surface area contributed by atoms with Gasteiger partial charge in [-0.3, -0.25) is 13.9 Å². The van der Waals surface area contributed by atoms with Gasteiger partial charge in [0, 0.05) is 45.1 Å². The summed E-state index contributed by atoms with van der Waals surface area (Å²) in [5, 5.41) is 12.7. The van der Waals surface area contributed by atoms with Gasteiger partial charge in [-0.05, 0) is 25.1 Å². The lowest BCUT2D eigenvalue weighted by Gasteiger charge is -2.34. The molecule has 1 aliphatic rings. The van der Waals surface area contributed by atoms with Crippen LogP contribution in [0.3, 0.4) is 0 Å². The molecule has 0 aliphatic carbocycles. The van der Waals surface area contributed by atoms with Crippen molar-refractivity contribution < 1.29 is 4.79 Å². The number of hydrogen-bond donors (Lipinski definition) is 0. The smallest absolute Gasteiger partial charge is 0.272 e. The van der Waals surface area contributed by atoms with Gasteiger partial charge in [-0.1, -0.05) is 6.07 Å². The van der Waals surface area contributed by atoms with E-state index >= 15 is 0 Å². The summed E-state index contributed by atoms with van der Waals surface area (Å²) in [6, 6.07) is 7.62. The number of carbonyl (C=O) groups is 1. The van der Waals surface area contributed by atoms with Gasteiger partial charge in [0.2, 0.25) is 5.95 Å². The average molecular weight is 325 g/mol. The average Bonchev–Trinajstić information content (AvgIpc) is 3.28. The van der Waals surface area contributed by atoms with E-state index in [1.165, 1.54) is 0 Å². The van der Waals surface area contributed by atoms with Crippen LogP contribution in [0.1, 0.15) is 17.4 Å². The van der Waals surface area contributed by atoms with Crippen LogP contribution in [0.2, 0.25) is 0 Å². The molecule has 3 aromatic rings. The minimum atomic E-state index is 0.0418. The number of amides is 1. The second kappa shape index (κ2) is 5.95. The summed E-state index contributed by atoms with van der Waals surface area (Å²) in [4.78, 5) is 16.7. The number of fused-ring (bicyclic) bond motifs is 1. The number of nitrogens with zero attached hydrogens (tertiary/aromatic N) is 7. The van der Waals surface area contributed by atoms with E-state index < -0.39 is 0 Å². The highest BCUT2D eigenvalue weighted by Crippen LogP contribution is 2.16. The molecule has 4 rings (SSSR count). The molecule has 0 spiro atoms. The Morgan fingerprint density at radius 1 is 1.12 bits per heavy atom. The van der Waals surface area contributed by atoms with E-state index in [-0.39, 0.29) is 5.91 Å². The van der Waals surface area contributed by atoms with Crippen molar-refractivity contribution in [2.24, 2.45) is 0 Å². The van der Waals surface area contributed by atoms with Crippen molar-refractivity contribution in [3.8, 4) is 0 Å². The maximum Gasteiger partial charge on any atom is 0.272 e. The van der Waals surface area contributed by atoms with Crippen LogP contribution in [-0.2, 0) is 6.54 Å². The van der Waals surface area contributed by atoms with E-state index in [1.54, 1.807) is 16.9 Å². The molecule has 3 aromatic heterocycles. The van der Waals surface area contributed by atoms with Crippen LogP contribution < -0.4 is 4.90 Å². The Morgan fingerprint density at radius 2 is 1.96 bits per heavy atom. The second-order valence-electron chi connectivity index (χ2n) is 5.74. The summed E-state index contributed by atoms with van der Waals surface area (Å²) in [5.41, 5.74) is 1.48. The number of aromatic nitrogens is 5. The molecule has 0 saturated carbocycles. The van der Waals surface area contributed by atoms with E-state index in [0.29, 0.717) is 25.3 Å². The monoisotopic (exact) mass is 325 g/mol. The molecule has 0 unspecified atom stereocenters. The molecule has 0 bridgehead atoms. The summed E-state index contributed by atoms with van der Waals surface area (Å²) >= 11 is 0. The number of rotatable bonds is 3. The molecule has 8 heteroatoms. The maximum atomic E-state index is 12.7. The van der Waals surface area contributed by atoms with Gasteiger partial charge in [-0.15, -0.1) is 10.2 Å². The van der Waals surface area contributed by atoms with Gasteiger partial charge in [-0.2, -0.15) is 5.10 Å². The van der Waals surface area contributed by atoms with Gasteiger partial charge in [0.15, 0.2) is 5.65 Å². The Hall–Kier alpha value is -2.90. The fourth-order valence-corrected chi connectivity index (χ4v) is 3.08. The van der Waals surface area contributed by atoms with Gasteiger partial charge < -0.3 is 9.80 Å². The molecule has 24 heavy (non-hydrogen) atoms. The zero-order chi connectivity index (χ0) is 16.5. The Balaban J connectivity index is 1.48. The number of hydrogen-bond acceptors (Lipinski definition) is 5. The number of pyridine rings is 1. The highest BCUT2D eigenvalue weighted by molar-refractivity contribution is 5.92. The van der Waals surface area contributed by atoms with Crippen molar-refractivity contribution in [1.29, 1.82) is 0 Å². The predicted octanol–water partition coefficient (Wildman–Crippen LogP) is 0.908. The van der Waals surface area contributed by atoms with E-state index in [4.69, 9.17) is 0 Å². The summed E-state index contributed by atoms with van der Waals surface area (Å²) in [7, 11) is 0. The number of aryl methyl sites for hydroxylation is 1. The maximum absolute atomic E-state index is 12.7. The van der Waals surface area contributed by atoms with Crippen LogP contribution in [0.15, 0.2) is 36.7 Å². The van der Waals surface area contributed by atoms with Crippen LogP contribution in [0.5, 0.6) is 0 Å². The van der Waals surface area contributed by atoms with E-state index in [0.717, 1.165) is 24.7 Å². The lowest BCUT2D eigenvalue weighted by molar-refractivity contribution is 0.0733. The molecule has 0 aromatic carbocycles. The van der Waals surface area contributed by atoms with E-state index in [2.05, 4.69) is 20.2 Å². The SMILES string of the molecule is CCn1nccc1C(=O)N1CCN(c2nnc3ccccn23)CC1. The number of carbonyl (C=O) groups excluding carboxylic acids is 1. The second-order valence-corrected chi connectivity index (χ2v) is 5.74. The molecule has 1 amide bonds. The fraction of sp³-hybridized carbons (Fsp3) is 0.375. The molecule has 0 atom stereocenters. The molecule has 0 radical (unpaired) electrons. The first-order valence-electron chi connectivity index (χ1n) is 8.13. The largest absolute Gasteiger partial charge is 0.337 e. The van der Waals surface area contributed by atoms with Gasteiger partial charge in [-0.25, -0.2) is 0 Å². The van der Waals surface area contributed by atoms with Crippen molar-refractivity contribution in [1.82, 2.24) is 29.3 Å². The van der Waals surface area contributed by atoms with Crippen molar-refractivity contribution in [2.45, 2.75) is 13.5 Å². The van der Waals surface area contributed by atoms with Crippen molar-refractivity contribution in [3.63, 3.8) is 0 Å². The van der Waals surface area contributed by atoms with E-state index in [1.807, 2.05) is 40.6 Å². The minimum Gasteiger partial charge on any atom is -0.337 e. The number of anilines is 1. The lowest BCUT2D eigenvalue weighted by atomic mass is 10.3. The molecule has 8 nitrogen and oxygen atoms in total. The zero-order valence-electron chi connectivity index (χ0n) is 13.5. The zero-order valence-corrected chi connectivity index (χ0v) is 13.5. The quantitative estimate of drug-likeness (QED) is 0.716. The van der Waals surface area contributed by atoms with Crippen LogP contribution in [0.25, 0.3) is 5.65 Å². The molecule has 124 valence electrons. The Labute approximate surface area is 139 Å². The normalized spacial score (nSPS) is 15.2. The Bertz CT molecular complexity index is 860. The van der Waals surface area contributed by atoms with Crippen molar-refractivity contribution in [2.75, 3.05) is 31.1 Å². The van der Waals surface area contributed by atoms with Gasteiger partial charge >= 0.3 is 0 Å². The minimum absolute atomic E-state index is 0.0418. The topological polar surface area (TPSA) is 71.6 Å². The van der Waals surface area contributed by atoms with Crippen molar-refractivity contribution in [3.05, 3.63) is 42.4 Å². The Kier molecular flexibility index (Phi) is 3.64. The molecule has 4 heterocycles. The molecule has 1 saturated heterocycles. The van der Waals surface area contributed by atoms with Crippen LogP contribution >= 0.6 is 0 Å². The molecule has 1 fully saturated rings. The van der Waals surface area contributed by atoms with Crippen LogP contribution in [0, 0.1) is 0 Å². The third-order valence-electron chi connectivity index (χ3n) is 4.38. The lowest BCUT2D eigenvalue weighted by Crippen LogP contribution is -2.49. The van der Waals surface area contributed by atoms with Gasteiger partial charge in [0.25, 0.3) is 5.91 Å². The summed E-state index contributed by atoms with van der Waals surface area (Å²) in [6.07, 6.45) is 3.64. The highest BCUT2D eigenvalue weighted by Gasteiger charge is 2.26. The third kappa shape index (κ3) is 2.40. The first-order chi connectivity index (χ1) is 11.8. The Morgan fingerprint density at radius 3 is 2.75 bits per heavy atom. The van der Waals surface area contributed by atoms with Crippen LogP contribution in [-0.4, -0.2) is 61.4 Å². The van der Waals surface area contributed by atoms with Crippen LogP contribution in [0.4, 0.5) is 5.95 Å². The van der Waals surface area contributed by atoms with Crippen molar-refractivity contribution >= 4 is 17.5 Å².